The fraction of sp³-hybridized carbons (Fsp3) is 0.350. The number of hydrogen-bond donors (Lipinski definition) is 1. The van der Waals surface area contributed by atoms with Crippen LogP contribution in [0.5, 0.6) is 0 Å². The SMILES string of the molecule is CC(CCCO)C(=O)N(Cc1ccccc1)Cc1ccccc1. The van der Waals surface area contributed by atoms with E-state index in [1.807, 2.05) is 72.5 Å². The molecule has 3 heteroatoms. The molecule has 2 rings (SSSR count). The van der Waals surface area contributed by atoms with Gasteiger partial charge in [-0.3, -0.25) is 4.79 Å². The molecule has 1 atom stereocenters. The minimum Gasteiger partial charge on any atom is -0.396 e. The van der Waals surface area contributed by atoms with Crippen molar-refractivity contribution in [3.8, 4) is 0 Å². The summed E-state index contributed by atoms with van der Waals surface area (Å²) in [4.78, 5) is 14.7. The van der Waals surface area contributed by atoms with Crippen LogP contribution in [0.3, 0.4) is 0 Å². The average molecular weight is 311 g/mol. The van der Waals surface area contributed by atoms with Gasteiger partial charge < -0.3 is 10.0 Å². The molecule has 0 radical (unpaired) electrons. The first-order valence-corrected chi connectivity index (χ1v) is 8.18. The molecule has 2 aromatic carbocycles. The van der Waals surface area contributed by atoms with E-state index in [2.05, 4.69) is 0 Å². The molecule has 122 valence electrons. The number of nitrogens with zero attached hydrogens (tertiary/aromatic N) is 1. The molecule has 0 spiro atoms. The quantitative estimate of drug-likeness (QED) is 0.809. The summed E-state index contributed by atoms with van der Waals surface area (Å²) in [6.07, 6.45) is 1.38. The number of carbonyl (C=O) groups is 1. The topological polar surface area (TPSA) is 40.5 Å². The molecule has 0 saturated carbocycles. The second kappa shape index (κ2) is 9.11. The molecule has 1 unspecified atom stereocenters. The van der Waals surface area contributed by atoms with Crippen molar-refractivity contribution in [1.82, 2.24) is 4.90 Å². The van der Waals surface area contributed by atoms with Crippen LogP contribution in [-0.2, 0) is 17.9 Å². The van der Waals surface area contributed by atoms with E-state index in [-0.39, 0.29) is 18.4 Å². The zero-order valence-electron chi connectivity index (χ0n) is 13.7. The average Bonchev–Trinajstić information content (AvgIpc) is 2.60. The molecule has 0 aliphatic rings. The molecule has 2 aromatic rings. The van der Waals surface area contributed by atoms with E-state index >= 15 is 0 Å². The Balaban J connectivity index is 2.11. The monoisotopic (exact) mass is 311 g/mol. The van der Waals surface area contributed by atoms with Gasteiger partial charge in [0.05, 0.1) is 0 Å². The van der Waals surface area contributed by atoms with E-state index in [0.29, 0.717) is 19.5 Å². The number of aliphatic hydroxyl groups is 1. The predicted molar refractivity (Wildman–Crippen MR) is 92.6 cm³/mol. The third-order valence-corrected chi connectivity index (χ3v) is 3.96. The minimum atomic E-state index is -0.0745. The maximum Gasteiger partial charge on any atom is 0.226 e. The Morgan fingerprint density at radius 1 is 0.957 bits per heavy atom. The van der Waals surface area contributed by atoms with Crippen LogP contribution in [-0.4, -0.2) is 22.5 Å². The zero-order valence-corrected chi connectivity index (χ0v) is 13.7. The van der Waals surface area contributed by atoms with Crippen molar-refractivity contribution in [2.24, 2.45) is 5.92 Å². The van der Waals surface area contributed by atoms with Crippen molar-refractivity contribution in [3.05, 3.63) is 71.8 Å². The fourth-order valence-electron chi connectivity index (χ4n) is 2.65. The van der Waals surface area contributed by atoms with Gasteiger partial charge in [-0.25, -0.2) is 0 Å². The van der Waals surface area contributed by atoms with Crippen LogP contribution in [0.2, 0.25) is 0 Å². The molecule has 0 aliphatic heterocycles. The maximum absolute atomic E-state index is 12.8. The van der Waals surface area contributed by atoms with E-state index in [1.54, 1.807) is 0 Å². The van der Waals surface area contributed by atoms with E-state index < -0.39 is 0 Å². The summed E-state index contributed by atoms with van der Waals surface area (Å²) >= 11 is 0. The van der Waals surface area contributed by atoms with Crippen molar-refractivity contribution < 1.29 is 9.90 Å². The molecule has 0 aromatic heterocycles. The van der Waals surface area contributed by atoms with E-state index in [1.165, 1.54) is 0 Å². The molecule has 0 fully saturated rings. The number of carbonyl (C=O) groups excluding carboxylic acids is 1. The van der Waals surface area contributed by atoms with Crippen molar-refractivity contribution in [3.63, 3.8) is 0 Å². The van der Waals surface area contributed by atoms with Crippen LogP contribution < -0.4 is 0 Å². The van der Waals surface area contributed by atoms with Gasteiger partial charge in [0.1, 0.15) is 0 Å². The molecule has 0 saturated heterocycles. The van der Waals surface area contributed by atoms with Crippen LogP contribution >= 0.6 is 0 Å². The van der Waals surface area contributed by atoms with Crippen LogP contribution in [0, 0.1) is 5.92 Å². The Morgan fingerprint density at radius 3 is 1.87 bits per heavy atom. The first kappa shape index (κ1) is 17.2. The molecule has 1 N–H and O–H groups in total. The fourth-order valence-corrected chi connectivity index (χ4v) is 2.65. The summed E-state index contributed by atoms with van der Waals surface area (Å²) in [6, 6.07) is 20.1. The van der Waals surface area contributed by atoms with E-state index in [4.69, 9.17) is 5.11 Å². The Hall–Kier alpha value is -2.13. The second-order valence-electron chi connectivity index (χ2n) is 5.93. The molecular weight excluding hydrogens is 286 g/mol. The lowest BCUT2D eigenvalue weighted by Gasteiger charge is -2.26. The van der Waals surface area contributed by atoms with Gasteiger partial charge in [-0.2, -0.15) is 0 Å². The highest BCUT2D eigenvalue weighted by molar-refractivity contribution is 5.78. The summed E-state index contributed by atoms with van der Waals surface area (Å²) in [5.74, 6) is 0.0701. The van der Waals surface area contributed by atoms with Crippen LogP contribution in [0.25, 0.3) is 0 Å². The second-order valence-corrected chi connectivity index (χ2v) is 5.93. The summed E-state index contributed by atoms with van der Waals surface area (Å²) in [6.45, 7) is 3.30. The van der Waals surface area contributed by atoms with Gasteiger partial charge in [-0.05, 0) is 24.0 Å². The number of benzene rings is 2. The van der Waals surface area contributed by atoms with Crippen molar-refractivity contribution >= 4 is 5.91 Å². The Bertz CT molecular complexity index is 542. The minimum absolute atomic E-state index is 0.0745. The highest BCUT2D eigenvalue weighted by Gasteiger charge is 2.20. The van der Waals surface area contributed by atoms with E-state index in [0.717, 1.165) is 17.5 Å². The largest absolute Gasteiger partial charge is 0.396 e. The number of hydrogen-bond acceptors (Lipinski definition) is 2. The molecule has 1 amide bonds. The van der Waals surface area contributed by atoms with Crippen LogP contribution in [0.1, 0.15) is 30.9 Å². The van der Waals surface area contributed by atoms with Crippen molar-refractivity contribution in [2.75, 3.05) is 6.61 Å². The van der Waals surface area contributed by atoms with Gasteiger partial charge in [0.25, 0.3) is 0 Å². The normalized spacial score (nSPS) is 11.9. The molecule has 0 aliphatic carbocycles. The number of aliphatic hydroxyl groups excluding tert-OH is 1. The molecular formula is C20H25NO2. The Kier molecular flexibility index (Phi) is 6.82. The van der Waals surface area contributed by atoms with E-state index in [9.17, 15) is 4.79 Å². The summed E-state index contributed by atoms with van der Waals surface area (Å²) in [5.41, 5.74) is 2.26. The summed E-state index contributed by atoms with van der Waals surface area (Å²) < 4.78 is 0. The summed E-state index contributed by atoms with van der Waals surface area (Å²) in [7, 11) is 0. The van der Waals surface area contributed by atoms with Gasteiger partial charge in [-0.15, -0.1) is 0 Å². The van der Waals surface area contributed by atoms with Crippen molar-refractivity contribution in [1.29, 1.82) is 0 Å². The lowest BCUT2D eigenvalue weighted by atomic mass is 10.0. The van der Waals surface area contributed by atoms with Gasteiger partial charge >= 0.3 is 0 Å². The Morgan fingerprint density at radius 2 is 1.43 bits per heavy atom. The molecule has 23 heavy (non-hydrogen) atoms. The van der Waals surface area contributed by atoms with Gasteiger partial charge in [0.15, 0.2) is 0 Å². The first-order chi connectivity index (χ1) is 11.2. The zero-order chi connectivity index (χ0) is 16.5. The Labute approximate surface area is 138 Å². The van der Waals surface area contributed by atoms with Gasteiger partial charge in [0.2, 0.25) is 5.91 Å². The standard InChI is InChI=1S/C20H25NO2/c1-17(9-8-14-22)20(23)21(15-18-10-4-2-5-11-18)16-19-12-6-3-7-13-19/h2-7,10-13,17,22H,8-9,14-16H2,1H3. The summed E-state index contributed by atoms with van der Waals surface area (Å²) in [5, 5.41) is 8.98. The maximum atomic E-state index is 12.8. The number of amides is 1. The highest BCUT2D eigenvalue weighted by Crippen LogP contribution is 2.16. The predicted octanol–water partition coefficient (Wildman–Crippen LogP) is 3.62. The molecule has 0 heterocycles. The first-order valence-electron chi connectivity index (χ1n) is 8.18. The van der Waals surface area contributed by atoms with Crippen LogP contribution in [0.4, 0.5) is 0 Å². The van der Waals surface area contributed by atoms with Crippen molar-refractivity contribution in [2.45, 2.75) is 32.9 Å². The smallest absolute Gasteiger partial charge is 0.226 e. The molecule has 0 bridgehead atoms. The lowest BCUT2D eigenvalue weighted by molar-refractivity contribution is -0.136. The third-order valence-electron chi connectivity index (χ3n) is 3.96. The highest BCUT2D eigenvalue weighted by atomic mass is 16.3. The van der Waals surface area contributed by atoms with Crippen LogP contribution in [0.15, 0.2) is 60.7 Å². The third kappa shape index (κ3) is 5.53. The molecule has 3 nitrogen and oxygen atoms in total. The number of rotatable bonds is 8. The lowest BCUT2D eigenvalue weighted by Crippen LogP contribution is -2.34. The van der Waals surface area contributed by atoms with Gasteiger partial charge in [-0.1, -0.05) is 67.6 Å². The van der Waals surface area contributed by atoms with Gasteiger partial charge in [0, 0.05) is 25.6 Å².